The van der Waals surface area contributed by atoms with Gasteiger partial charge in [0, 0.05) is 32.1 Å². The highest BCUT2D eigenvalue weighted by Gasteiger charge is 2.30. The van der Waals surface area contributed by atoms with E-state index in [1.807, 2.05) is 11.9 Å². The fourth-order valence-electron chi connectivity index (χ4n) is 3.45. The zero-order valence-electron chi connectivity index (χ0n) is 11.8. The fourth-order valence-corrected chi connectivity index (χ4v) is 3.45. The number of carbonyl (C=O) groups excluding carboxylic acids is 1. The van der Waals surface area contributed by atoms with Gasteiger partial charge in [-0.25, -0.2) is 0 Å². The Kier molecular flexibility index (Phi) is 4.62. The third kappa shape index (κ3) is 3.45. The number of hydrogen-bond acceptors (Lipinski definition) is 3. The molecule has 2 rings (SSSR count). The highest BCUT2D eigenvalue weighted by Crippen LogP contribution is 2.26. The summed E-state index contributed by atoms with van der Waals surface area (Å²) in [6.07, 6.45) is 5.39. The molecule has 2 aliphatic rings. The molecule has 1 saturated heterocycles. The molecule has 2 N–H and O–H groups in total. The minimum Gasteiger partial charge on any atom is -0.345 e. The van der Waals surface area contributed by atoms with Crippen LogP contribution >= 0.6 is 0 Å². The van der Waals surface area contributed by atoms with Gasteiger partial charge in [0.2, 0.25) is 5.91 Å². The van der Waals surface area contributed by atoms with Crippen molar-refractivity contribution < 1.29 is 4.79 Å². The number of likely N-dealkylation sites (tertiary alicyclic amines) is 1. The Morgan fingerprint density at radius 1 is 1.39 bits per heavy atom. The molecule has 0 spiro atoms. The van der Waals surface area contributed by atoms with E-state index in [9.17, 15) is 4.79 Å². The van der Waals surface area contributed by atoms with Gasteiger partial charge in [-0.05, 0) is 51.6 Å². The number of amides is 1. The Labute approximate surface area is 110 Å². The van der Waals surface area contributed by atoms with E-state index >= 15 is 0 Å². The number of piperidine rings is 1. The molecule has 0 radical (unpaired) electrons. The smallest absolute Gasteiger partial charge is 0.225 e. The maximum absolute atomic E-state index is 12.3. The first-order chi connectivity index (χ1) is 8.56. The largest absolute Gasteiger partial charge is 0.345 e. The molecule has 18 heavy (non-hydrogen) atoms. The van der Waals surface area contributed by atoms with Crippen molar-refractivity contribution in [1.29, 1.82) is 0 Å². The fraction of sp³-hybridized carbons (Fsp3) is 0.929. The van der Waals surface area contributed by atoms with Crippen molar-refractivity contribution in [3.63, 3.8) is 0 Å². The molecular weight excluding hydrogens is 226 g/mol. The number of carbonyl (C=O) groups is 1. The van der Waals surface area contributed by atoms with E-state index in [4.69, 9.17) is 5.73 Å². The standard InChI is InChI=1S/C14H27N3O/c1-16-7-3-4-11(9-16)10-17(2)14(18)12-5-6-13(15)8-12/h11-13H,3-10,15H2,1-2H3. The van der Waals surface area contributed by atoms with Crippen LogP contribution in [0.15, 0.2) is 0 Å². The molecule has 1 amide bonds. The van der Waals surface area contributed by atoms with Gasteiger partial charge in [-0.3, -0.25) is 4.79 Å². The van der Waals surface area contributed by atoms with Crippen LogP contribution in [0.3, 0.4) is 0 Å². The summed E-state index contributed by atoms with van der Waals surface area (Å²) < 4.78 is 0. The van der Waals surface area contributed by atoms with Crippen LogP contribution in [0.2, 0.25) is 0 Å². The minimum atomic E-state index is 0.186. The monoisotopic (exact) mass is 253 g/mol. The van der Waals surface area contributed by atoms with E-state index in [-0.39, 0.29) is 12.0 Å². The Morgan fingerprint density at radius 3 is 2.78 bits per heavy atom. The summed E-state index contributed by atoms with van der Waals surface area (Å²) in [5.41, 5.74) is 5.89. The summed E-state index contributed by atoms with van der Waals surface area (Å²) in [5.74, 6) is 1.15. The van der Waals surface area contributed by atoms with Crippen molar-refractivity contribution in [3.8, 4) is 0 Å². The van der Waals surface area contributed by atoms with E-state index in [1.165, 1.54) is 19.4 Å². The molecule has 3 atom stereocenters. The van der Waals surface area contributed by atoms with Crippen LogP contribution in [0.5, 0.6) is 0 Å². The minimum absolute atomic E-state index is 0.186. The van der Waals surface area contributed by atoms with Gasteiger partial charge in [-0.15, -0.1) is 0 Å². The zero-order chi connectivity index (χ0) is 13.1. The molecule has 0 aromatic carbocycles. The maximum atomic E-state index is 12.3. The van der Waals surface area contributed by atoms with Gasteiger partial charge >= 0.3 is 0 Å². The lowest BCUT2D eigenvalue weighted by Crippen LogP contribution is -2.41. The lowest BCUT2D eigenvalue weighted by atomic mass is 9.97. The maximum Gasteiger partial charge on any atom is 0.225 e. The van der Waals surface area contributed by atoms with Crippen LogP contribution in [-0.2, 0) is 4.79 Å². The lowest BCUT2D eigenvalue weighted by molar-refractivity contribution is -0.134. The van der Waals surface area contributed by atoms with Crippen molar-refractivity contribution in [2.75, 3.05) is 33.7 Å². The number of hydrogen-bond donors (Lipinski definition) is 1. The van der Waals surface area contributed by atoms with Gasteiger partial charge in [0.25, 0.3) is 0 Å². The van der Waals surface area contributed by atoms with Crippen LogP contribution in [0.1, 0.15) is 32.1 Å². The third-order valence-corrected chi connectivity index (χ3v) is 4.45. The predicted molar refractivity (Wildman–Crippen MR) is 73.2 cm³/mol. The highest BCUT2D eigenvalue weighted by molar-refractivity contribution is 5.79. The number of rotatable bonds is 3. The molecule has 1 heterocycles. The van der Waals surface area contributed by atoms with E-state index < -0.39 is 0 Å². The highest BCUT2D eigenvalue weighted by atomic mass is 16.2. The van der Waals surface area contributed by atoms with E-state index in [1.54, 1.807) is 0 Å². The van der Waals surface area contributed by atoms with Crippen molar-refractivity contribution in [2.45, 2.75) is 38.1 Å². The van der Waals surface area contributed by atoms with Crippen molar-refractivity contribution in [2.24, 2.45) is 17.6 Å². The lowest BCUT2D eigenvalue weighted by Gasteiger charge is -2.33. The van der Waals surface area contributed by atoms with Gasteiger partial charge in [0.1, 0.15) is 0 Å². The Balaban J connectivity index is 1.79. The van der Waals surface area contributed by atoms with Crippen molar-refractivity contribution >= 4 is 5.91 Å². The van der Waals surface area contributed by atoms with Gasteiger partial charge in [-0.2, -0.15) is 0 Å². The molecule has 2 fully saturated rings. The van der Waals surface area contributed by atoms with Gasteiger partial charge in [0.15, 0.2) is 0 Å². The topological polar surface area (TPSA) is 49.6 Å². The molecule has 3 unspecified atom stereocenters. The Hall–Kier alpha value is -0.610. The number of nitrogens with zero attached hydrogens (tertiary/aromatic N) is 2. The molecule has 0 aromatic heterocycles. The van der Waals surface area contributed by atoms with Gasteiger partial charge in [0.05, 0.1) is 0 Å². The molecule has 4 heteroatoms. The normalized spacial score (nSPS) is 33.6. The second-order valence-corrected chi connectivity index (χ2v) is 6.26. The predicted octanol–water partition coefficient (Wildman–Crippen LogP) is 0.914. The molecule has 0 bridgehead atoms. The van der Waals surface area contributed by atoms with Crippen molar-refractivity contribution in [1.82, 2.24) is 9.80 Å². The van der Waals surface area contributed by atoms with Crippen LogP contribution in [0.25, 0.3) is 0 Å². The average molecular weight is 253 g/mol. The van der Waals surface area contributed by atoms with Gasteiger partial charge < -0.3 is 15.5 Å². The summed E-state index contributed by atoms with van der Waals surface area (Å²) in [4.78, 5) is 16.6. The molecule has 104 valence electrons. The first-order valence-corrected chi connectivity index (χ1v) is 7.25. The second-order valence-electron chi connectivity index (χ2n) is 6.26. The summed E-state index contributed by atoms with van der Waals surface area (Å²) >= 11 is 0. The Morgan fingerprint density at radius 2 is 2.17 bits per heavy atom. The SMILES string of the molecule is CN1CCCC(CN(C)C(=O)C2CCC(N)C2)C1. The van der Waals surface area contributed by atoms with Crippen LogP contribution in [0, 0.1) is 11.8 Å². The Bertz CT molecular complexity index is 295. The molecule has 1 saturated carbocycles. The van der Waals surface area contributed by atoms with Gasteiger partial charge in [-0.1, -0.05) is 0 Å². The quantitative estimate of drug-likeness (QED) is 0.813. The van der Waals surface area contributed by atoms with E-state index in [0.29, 0.717) is 11.8 Å². The van der Waals surface area contributed by atoms with Crippen LogP contribution in [-0.4, -0.2) is 55.5 Å². The van der Waals surface area contributed by atoms with Crippen LogP contribution < -0.4 is 5.73 Å². The summed E-state index contributed by atoms with van der Waals surface area (Å²) in [7, 11) is 4.13. The average Bonchev–Trinajstić information content (AvgIpc) is 2.75. The molecule has 1 aliphatic carbocycles. The third-order valence-electron chi connectivity index (χ3n) is 4.45. The first kappa shape index (κ1) is 13.8. The molecule has 4 nitrogen and oxygen atoms in total. The van der Waals surface area contributed by atoms with E-state index in [2.05, 4.69) is 11.9 Å². The molecule has 0 aromatic rings. The molecular formula is C14H27N3O. The summed E-state index contributed by atoms with van der Waals surface area (Å²) in [6, 6.07) is 0.244. The van der Waals surface area contributed by atoms with Crippen molar-refractivity contribution in [3.05, 3.63) is 0 Å². The zero-order valence-corrected chi connectivity index (χ0v) is 11.8. The first-order valence-electron chi connectivity index (χ1n) is 7.25. The molecule has 1 aliphatic heterocycles. The summed E-state index contributed by atoms with van der Waals surface area (Å²) in [6.45, 7) is 3.24. The summed E-state index contributed by atoms with van der Waals surface area (Å²) in [5, 5.41) is 0. The van der Waals surface area contributed by atoms with E-state index in [0.717, 1.165) is 32.4 Å². The van der Waals surface area contributed by atoms with Crippen LogP contribution in [0.4, 0.5) is 0 Å². The number of nitrogens with two attached hydrogens (primary N) is 1. The second kappa shape index (κ2) is 6.02.